The van der Waals surface area contributed by atoms with Gasteiger partial charge in [0.05, 0.1) is 0 Å². The van der Waals surface area contributed by atoms with Crippen LogP contribution in [0.2, 0.25) is 0 Å². The zero-order chi connectivity index (χ0) is 13.0. The summed E-state index contributed by atoms with van der Waals surface area (Å²) in [5, 5.41) is 3.55. The Labute approximate surface area is 114 Å². The summed E-state index contributed by atoms with van der Waals surface area (Å²) in [7, 11) is 0. The quantitative estimate of drug-likeness (QED) is 0.909. The first-order chi connectivity index (χ1) is 8.56. The van der Waals surface area contributed by atoms with Crippen molar-refractivity contribution >= 4 is 17.6 Å². The molecule has 0 atom stereocenters. The van der Waals surface area contributed by atoms with Gasteiger partial charge in [-0.2, -0.15) is 11.8 Å². The molecule has 1 fully saturated rings. The van der Waals surface area contributed by atoms with Crippen LogP contribution in [0.25, 0.3) is 0 Å². The van der Waals surface area contributed by atoms with Crippen molar-refractivity contribution in [2.24, 2.45) is 0 Å². The predicted molar refractivity (Wildman–Crippen MR) is 80.4 cm³/mol. The molecule has 4 heteroatoms. The summed E-state index contributed by atoms with van der Waals surface area (Å²) in [4.78, 5) is 6.99. The number of hydrogen-bond donors (Lipinski definition) is 1. The maximum atomic E-state index is 4.58. The number of anilines is 1. The van der Waals surface area contributed by atoms with E-state index in [0.717, 1.165) is 25.5 Å². The van der Waals surface area contributed by atoms with Gasteiger partial charge in [0.2, 0.25) is 0 Å². The second kappa shape index (κ2) is 5.93. The van der Waals surface area contributed by atoms with Crippen LogP contribution in [-0.4, -0.2) is 35.1 Å². The average Bonchev–Trinajstić information content (AvgIpc) is 2.37. The standard InChI is InChI=1S/C14H23N3S/c1-14(2,3)16-11-12-5-4-6-15-13(12)17-7-9-18-10-8-17/h4-6,16H,7-11H2,1-3H3. The van der Waals surface area contributed by atoms with Gasteiger partial charge in [-0.15, -0.1) is 0 Å². The first kappa shape index (κ1) is 13.7. The van der Waals surface area contributed by atoms with Gasteiger partial charge in [-0.3, -0.25) is 0 Å². The normalized spacial score (nSPS) is 16.9. The zero-order valence-electron chi connectivity index (χ0n) is 11.6. The van der Waals surface area contributed by atoms with E-state index < -0.39 is 0 Å². The lowest BCUT2D eigenvalue weighted by Crippen LogP contribution is -2.37. The molecule has 0 radical (unpaired) electrons. The number of thioether (sulfide) groups is 1. The zero-order valence-corrected chi connectivity index (χ0v) is 12.4. The van der Waals surface area contributed by atoms with Gasteiger partial charge in [0.1, 0.15) is 5.82 Å². The van der Waals surface area contributed by atoms with Crippen molar-refractivity contribution in [1.82, 2.24) is 10.3 Å². The van der Waals surface area contributed by atoms with Crippen LogP contribution >= 0.6 is 11.8 Å². The predicted octanol–water partition coefficient (Wildman–Crippen LogP) is 2.52. The molecule has 2 rings (SSSR count). The molecule has 2 heterocycles. The van der Waals surface area contributed by atoms with Crippen LogP contribution in [-0.2, 0) is 6.54 Å². The lowest BCUT2D eigenvalue weighted by Gasteiger charge is -2.30. The summed E-state index contributed by atoms with van der Waals surface area (Å²) in [6.07, 6.45) is 1.90. The fourth-order valence-corrected chi connectivity index (χ4v) is 2.89. The third kappa shape index (κ3) is 3.89. The van der Waals surface area contributed by atoms with Gasteiger partial charge in [-0.1, -0.05) is 6.07 Å². The highest BCUT2D eigenvalue weighted by molar-refractivity contribution is 7.99. The van der Waals surface area contributed by atoms with E-state index in [9.17, 15) is 0 Å². The maximum Gasteiger partial charge on any atom is 0.133 e. The summed E-state index contributed by atoms with van der Waals surface area (Å²) in [5.74, 6) is 3.58. The highest BCUT2D eigenvalue weighted by atomic mass is 32.2. The van der Waals surface area contributed by atoms with Gasteiger partial charge in [0.25, 0.3) is 0 Å². The van der Waals surface area contributed by atoms with Crippen molar-refractivity contribution in [3.05, 3.63) is 23.9 Å². The van der Waals surface area contributed by atoms with Crippen LogP contribution in [0.15, 0.2) is 18.3 Å². The van der Waals surface area contributed by atoms with E-state index in [4.69, 9.17) is 0 Å². The van der Waals surface area contributed by atoms with Crippen LogP contribution in [0.5, 0.6) is 0 Å². The van der Waals surface area contributed by atoms with E-state index >= 15 is 0 Å². The van der Waals surface area contributed by atoms with Crippen LogP contribution in [0.4, 0.5) is 5.82 Å². The first-order valence-corrected chi connectivity index (χ1v) is 7.73. The topological polar surface area (TPSA) is 28.2 Å². The van der Waals surface area contributed by atoms with Gasteiger partial charge < -0.3 is 10.2 Å². The summed E-state index contributed by atoms with van der Waals surface area (Å²) in [6, 6.07) is 4.21. The Hall–Kier alpha value is -0.740. The Bertz CT molecular complexity index is 381. The van der Waals surface area contributed by atoms with Crippen LogP contribution in [0, 0.1) is 0 Å². The Morgan fingerprint density at radius 1 is 1.33 bits per heavy atom. The number of nitrogens with zero attached hydrogens (tertiary/aromatic N) is 2. The minimum Gasteiger partial charge on any atom is -0.355 e. The molecule has 0 bridgehead atoms. The summed E-state index contributed by atoms with van der Waals surface area (Å²) in [5.41, 5.74) is 1.45. The summed E-state index contributed by atoms with van der Waals surface area (Å²) < 4.78 is 0. The molecule has 0 aliphatic carbocycles. The molecule has 1 N–H and O–H groups in total. The smallest absolute Gasteiger partial charge is 0.133 e. The minimum absolute atomic E-state index is 0.144. The van der Waals surface area contributed by atoms with Crippen LogP contribution in [0.1, 0.15) is 26.3 Å². The van der Waals surface area contributed by atoms with E-state index in [0.29, 0.717) is 0 Å². The molecular weight excluding hydrogens is 242 g/mol. The van der Waals surface area contributed by atoms with E-state index in [2.05, 4.69) is 42.0 Å². The average molecular weight is 265 g/mol. The number of hydrogen-bond acceptors (Lipinski definition) is 4. The van der Waals surface area contributed by atoms with Crippen molar-refractivity contribution in [3.63, 3.8) is 0 Å². The Morgan fingerprint density at radius 2 is 2.06 bits per heavy atom. The van der Waals surface area contributed by atoms with Crippen molar-refractivity contribution in [2.75, 3.05) is 29.5 Å². The summed E-state index contributed by atoms with van der Waals surface area (Å²) >= 11 is 2.03. The second-order valence-electron chi connectivity index (χ2n) is 5.69. The molecule has 1 saturated heterocycles. The van der Waals surface area contributed by atoms with Gasteiger partial charge in [0, 0.05) is 48.4 Å². The molecule has 1 aliphatic rings. The van der Waals surface area contributed by atoms with E-state index in [1.54, 1.807) is 0 Å². The van der Waals surface area contributed by atoms with Gasteiger partial charge in [0.15, 0.2) is 0 Å². The highest BCUT2D eigenvalue weighted by Gasteiger charge is 2.17. The van der Waals surface area contributed by atoms with Crippen molar-refractivity contribution in [1.29, 1.82) is 0 Å². The molecule has 100 valence electrons. The molecular formula is C14H23N3S. The molecule has 0 amide bonds. The maximum absolute atomic E-state index is 4.58. The van der Waals surface area contributed by atoms with Crippen LogP contribution < -0.4 is 10.2 Å². The van der Waals surface area contributed by atoms with E-state index in [-0.39, 0.29) is 5.54 Å². The lowest BCUT2D eigenvalue weighted by atomic mass is 10.1. The van der Waals surface area contributed by atoms with Gasteiger partial charge in [-0.25, -0.2) is 4.98 Å². The Balaban J connectivity index is 2.09. The van der Waals surface area contributed by atoms with Gasteiger partial charge >= 0.3 is 0 Å². The second-order valence-corrected chi connectivity index (χ2v) is 6.91. The molecule has 18 heavy (non-hydrogen) atoms. The molecule has 0 spiro atoms. The number of nitrogens with one attached hydrogen (secondary N) is 1. The SMILES string of the molecule is CC(C)(C)NCc1cccnc1N1CCSCC1. The monoisotopic (exact) mass is 265 g/mol. The first-order valence-electron chi connectivity index (χ1n) is 6.58. The fourth-order valence-electron chi connectivity index (χ4n) is 1.99. The van der Waals surface area contributed by atoms with Crippen LogP contribution in [0.3, 0.4) is 0 Å². The molecule has 0 aromatic carbocycles. The molecule has 0 unspecified atom stereocenters. The van der Waals surface area contributed by atoms with E-state index in [1.807, 2.05) is 24.0 Å². The number of pyridine rings is 1. The van der Waals surface area contributed by atoms with Gasteiger partial charge in [-0.05, 0) is 26.8 Å². The number of aromatic nitrogens is 1. The largest absolute Gasteiger partial charge is 0.355 e. The minimum atomic E-state index is 0.144. The van der Waals surface area contributed by atoms with Crippen molar-refractivity contribution < 1.29 is 0 Å². The fraction of sp³-hybridized carbons (Fsp3) is 0.643. The number of rotatable bonds is 3. The van der Waals surface area contributed by atoms with Crippen molar-refractivity contribution in [2.45, 2.75) is 32.9 Å². The molecule has 1 aromatic rings. The third-order valence-corrected chi connectivity index (χ3v) is 3.93. The Morgan fingerprint density at radius 3 is 2.72 bits per heavy atom. The molecule has 1 aliphatic heterocycles. The summed E-state index contributed by atoms with van der Waals surface area (Å²) in [6.45, 7) is 9.70. The molecule has 0 saturated carbocycles. The van der Waals surface area contributed by atoms with E-state index in [1.165, 1.54) is 17.1 Å². The Kier molecular flexibility index (Phi) is 4.51. The lowest BCUT2D eigenvalue weighted by molar-refractivity contribution is 0.424. The molecule has 3 nitrogen and oxygen atoms in total. The van der Waals surface area contributed by atoms with Crippen molar-refractivity contribution in [3.8, 4) is 0 Å². The third-order valence-electron chi connectivity index (χ3n) is 2.99. The highest BCUT2D eigenvalue weighted by Crippen LogP contribution is 2.21. The molecule has 1 aromatic heterocycles.